The van der Waals surface area contributed by atoms with Crippen molar-refractivity contribution in [3.63, 3.8) is 0 Å². The molecule has 1 aliphatic heterocycles. The molecule has 1 atom stereocenters. The smallest absolute Gasteiger partial charge is 0.282 e. The highest BCUT2D eigenvalue weighted by Gasteiger charge is 2.51. The van der Waals surface area contributed by atoms with Crippen LogP contribution in [0.4, 0.5) is 15.9 Å². The fraction of sp³-hybridized carbons (Fsp3) is 0.316. The van der Waals surface area contributed by atoms with Gasteiger partial charge in [0.1, 0.15) is 5.82 Å². The molecule has 0 fully saturated rings. The number of nitrogens with one attached hydrogen (secondary N) is 1. The number of hydrogen-bond acceptors (Lipinski definition) is 4. The van der Waals surface area contributed by atoms with E-state index in [1.165, 1.54) is 30.0 Å². The van der Waals surface area contributed by atoms with Gasteiger partial charge < -0.3 is 10.1 Å². The first kappa shape index (κ1) is 17.8. The van der Waals surface area contributed by atoms with Crippen molar-refractivity contribution >= 4 is 23.3 Å². The molecule has 136 valence electrons. The average Bonchev–Trinajstić information content (AvgIpc) is 2.62. The van der Waals surface area contributed by atoms with Crippen LogP contribution in [-0.4, -0.2) is 28.9 Å². The summed E-state index contributed by atoms with van der Waals surface area (Å²) < 4.78 is 19.1. The Kier molecular flexibility index (Phi) is 4.88. The quantitative estimate of drug-likeness (QED) is 0.835. The maximum Gasteiger partial charge on any atom is 0.282 e. The minimum absolute atomic E-state index is 0.254. The Hall–Kier alpha value is -2.96. The lowest BCUT2D eigenvalue weighted by atomic mass is 10.0. The molecule has 26 heavy (non-hydrogen) atoms. The number of fused-ring (bicyclic) bond motifs is 1. The van der Waals surface area contributed by atoms with E-state index in [9.17, 15) is 14.0 Å². The molecule has 0 aliphatic carbocycles. The number of nitrogens with zero attached hydrogens (tertiary/aromatic N) is 2. The molecule has 0 radical (unpaired) electrons. The molecule has 1 aliphatic rings. The molecule has 6 nitrogen and oxygen atoms in total. The fourth-order valence-corrected chi connectivity index (χ4v) is 2.77. The Balaban J connectivity index is 1.92. The number of unbranched alkanes of at least 4 members (excludes halogenated alkanes) is 1. The third-order valence-corrected chi connectivity index (χ3v) is 4.22. The Bertz CT molecular complexity index is 842. The lowest BCUT2D eigenvalue weighted by Gasteiger charge is -2.38. The van der Waals surface area contributed by atoms with Crippen LogP contribution in [0.5, 0.6) is 5.75 Å². The molecule has 1 aromatic heterocycles. The Labute approximate surface area is 151 Å². The number of rotatable bonds is 5. The zero-order valence-corrected chi connectivity index (χ0v) is 14.7. The summed E-state index contributed by atoms with van der Waals surface area (Å²) in [7, 11) is 0. The third kappa shape index (κ3) is 3.24. The molecule has 0 saturated carbocycles. The number of pyridine rings is 1. The van der Waals surface area contributed by atoms with Gasteiger partial charge in [0.05, 0.1) is 0 Å². The highest BCUT2D eigenvalue weighted by molar-refractivity contribution is 6.19. The number of hydrogen-bond donors (Lipinski definition) is 1. The second-order valence-electron chi connectivity index (χ2n) is 6.24. The summed E-state index contributed by atoms with van der Waals surface area (Å²) in [5.41, 5.74) is -1.51. The van der Waals surface area contributed by atoms with E-state index in [2.05, 4.69) is 10.3 Å². The molecule has 1 N–H and O–H groups in total. The largest absolute Gasteiger partial charge is 0.464 e. The predicted octanol–water partition coefficient (Wildman–Crippen LogP) is 3.14. The van der Waals surface area contributed by atoms with Gasteiger partial charge >= 0.3 is 0 Å². The van der Waals surface area contributed by atoms with Crippen LogP contribution in [-0.2, 0) is 9.59 Å². The van der Waals surface area contributed by atoms with Crippen LogP contribution in [0, 0.1) is 5.82 Å². The minimum atomic E-state index is -1.77. The summed E-state index contributed by atoms with van der Waals surface area (Å²) in [4.78, 5) is 31.6. The summed E-state index contributed by atoms with van der Waals surface area (Å²) in [6.07, 6.45) is 3.23. The van der Waals surface area contributed by atoms with Gasteiger partial charge in [-0.25, -0.2) is 9.37 Å². The van der Waals surface area contributed by atoms with Gasteiger partial charge in [0.25, 0.3) is 17.4 Å². The highest BCUT2D eigenvalue weighted by atomic mass is 19.1. The van der Waals surface area contributed by atoms with Gasteiger partial charge in [0.15, 0.2) is 11.6 Å². The van der Waals surface area contributed by atoms with Crippen molar-refractivity contribution in [1.29, 1.82) is 0 Å². The standard InChI is InChI=1S/C19H20FN3O3/c1-3-4-11-23-16-15(9-6-10-21-16)26-19(2,18(23)25)17(24)22-14-8-5-7-13(20)12-14/h5-10,12H,3-4,11H2,1-2H3,(H,22,24)/t19-/m0/s1. The van der Waals surface area contributed by atoms with Gasteiger partial charge in [0, 0.05) is 18.4 Å². The minimum Gasteiger partial charge on any atom is -0.464 e. The summed E-state index contributed by atoms with van der Waals surface area (Å²) in [5, 5.41) is 2.56. The van der Waals surface area contributed by atoms with Crippen molar-refractivity contribution in [1.82, 2.24) is 4.98 Å². The van der Waals surface area contributed by atoms with Crippen LogP contribution >= 0.6 is 0 Å². The normalized spacial score (nSPS) is 18.9. The van der Waals surface area contributed by atoms with Crippen molar-refractivity contribution in [2.75, 3.05) is 16.8 Å². The van der Waals surface area contributed by atoms with Gasteiger partial charge in [-0.05, 0) is 43.7 Å². The summed E-state index contributed by atoms with van der Waals surface area (Å²) in [5.74, 6) is -0.875. The van der Waals surface area contributed by atoms with E-state index in [-0.39, 0.29) is 5.69 Å². The summed E-state index contributed by atoms with van der Waals surface area (Å²) in [6, 6.07) is 8.82. The molecule has 7 heteroatoms. The molecule has 0 spiro atoms. The SMILES string of the molecule is CCCCN1C(=O)[C@](C)(C(=O)Nc2cccc(F)c2)Oc2cccnc21. The van der Waals surface area contributed by atoms with Crippen molar-refractivity contribution in [2.45, 2.75) is 32.3 Å². The fourth-order valence-electron chi connectivity index (χ4n) is 2.77. The number of benzene rings is 1. The van der Waals surface area contributed by atoms with Crippen LogP contribution in [0.15, 0.2) is 42.6 Å². The van der Waals surface area contributed by atoms with Crippen LogP contribution in [0.2, 0.25) is 0 Å². The molecule has 2 amide bonds. The number of carbonyl (C=O) groups is 2. The molecule has 0 unspecified atom stereocenters. The molecule has 2 heterocycles. The second-order valence-corrected chi connectivity index (χ2v) is 6.24. The average molecular weight is 357 g/mol. The number of anilines is 2. The first-order chi connectivity index (χ1) is 12.5. The van der Waals surface area contributed by atoms with E-state index in [1.54, 1.807) is 24.4 Å². The lowest BCUT2D eigenvalue weighted by molar-refractivity contribution is -0.145. The molecule has 3 rings (SSSR count). The monoisotopic (exact) mass is 357 g/mol. The highest BCUT2D eigenvalue weighted by Crippen LogP contribution is 2.36. The van der Waals surface area contributed by atoms with Crippen LogP contribution in [0.1, 0.15) is 26.7 Å². The maximum atomic E-state index is 13.4. The van der Waals surface area contributed by atoms with Crippen LogP contribution in [0.25, 0.3) is 0 Å². The Morgan fingerprint density at radius 1 is 1.35 bits per heavy atom. The summed E-state index contributed by atoms with van der Waals surface area (Å²) >= 11 is 0. The van der Waals surface area contributed by atoms with Crippen molar-refractivity contribution < 1.29 is 18.7 Å². The van der Waals surface area contributed by atoms with Crippen molar-refractivity contribution in [3.8, 4) is 5.75 Å². The van der Waals surface area contributed by atoms with Crippen molar-refractivity contribution in [2.24, 2.45) is 0 Å². The van der Waals surface area contributed by atoms with E-state index >= 15 is 0 Å². The number of halogens is 1. The predicted molar refractivity (Wildman–Crippen MR) is 95.6 cm³/mol. The maximum absolute atomic E-state index is 13.4. The number of aromatic nitrogens is 1. The second kappa shape index (κ2) is 7.11. The number of carbonyl (C=O) groups excluding carboxylic acids is 2. The molecule has 0 bridgehead atoms. The van der Waals surface area contributed by atoms with Gasteiger partial charge in [-0.3, -0.25) is 14.5 Å². The zero-order valence-electron chi connectivity index (χ0n) is 14.7. The first-order valence-corrected chi connectivity index (χ1v) is 8.48. The van der Waals surface area contributed by atoms with E-state index < -0.39 is 23.2 Å². The first-order valence-electron chi connectivity index (χ1n) is 8.48. The summed E-state index contributed by atoms with van der Waals surface area (Å²) in [6.45, 7) is 3.87. The van der Waals surface area contributed by atoms with E-state index in [0.717, 1.165) is 12.8 Å². The van der Waals surface area contributed by atoms with Crippen LogP contribution < -0.4 is 15.0 Å². The Morgan fingerprint density at radius 3 is 2.88 bits per heavy atom. The van der Waals surface area contributed by atoms with E-state index in [4.69, 9.17) is 4.74 Å². The van der Waals surface area contributed by atoms with Gasteiger partial charge in [-0.1, -0.05) is 19.4 Å². The molecular weight excluding hydrogens is 337 g/mol. The molecule has 2 aromatic rings. The van der Waals surface area contributed by atoms with Crippen LogP contribution in [0.3, 0.4) is 0 Å². The molecular formula is C19H20FN3O3. The Morgan fingerprint density at radius 2 is 2.15 bits per heavy atom. The zero-order chi connectivity index (χ0) is 18.7. The molecule has 1 aromatic carbocycles. The number of amides is 2. The number of ether oxygens (including phenoxy) is 1. The van der Waals surface area contributed by atoms with E-state index in [1.807, 2.05) is 6.92 Å². The molecule has 0 saturated heterocycles. The van der Waals surface area contributed by atoms with Gasteiger partial charge in [-0.15, -0.1) is 0 Å². The third-order valence-electron chi connectivity index (χ3n) is 4.22. The van der Waals surface area contributed by atoms with E-state index in [0.29, 0.717) is 18.1 Å². The van der Waals surface area contributed by atoms with Gasteiger partial charge in [0.2, 0.25) is 0 Å². The van der Waals surface area contributed by atoms with Gasteiger partial charge in [-0.2, -0.15) is 0 Å². The van der Waals surface area contributed by atoms with Crippen molar-refractivity contribution in [3.05, 3.63) is 48.4 Å². The topological polar surface area (TPSA) is 71.5 Å². The lowest BCUT2D eigenvalue weighted by Crippen LogP contribution is -2.61.